The third-order valence-corrected chi connectivity index (χ3v) is 6.45. The summed E-state index contributed by atoms with van der Waals surface area (Å²) >= 11 is 7.08. The summed E-state index contributed by atoms with van der Waals surface area (Å²) in [5.74, 6) is 0.435. The van der Waals surface area contributed by atoms with E-state index in [1.54, 1.807) is 47.6 Å². The van der Waals surface area contributed by atoms with Crippen LogP contribution in [0.3, 0.4) is 0 Å². The number of carbonyl (C=O) groups is 2. The highest BCUT2D eigenvalue weighted by Crippen LogP contribution is 2.40. The van der Waals surface area contributed by atoms with E-state index in [0.717, 1.165) is 17.7 Å². The molecule has 0 bridgehead atoms. The summed E-state index contributed by atoms with van der Waals surface area (Å²) in [5.41, 5.74) is 0.0585. The van der Waals surface area contributed by atoms with Crippen LogP contribution in [0.5, 0.6) is 0 Å². The molecule has 2 aromatic carbocycles. The van der Waals surface area contributed by atoms with Gasteiger partial charge in [0.05, 0.1) is 29.1 Å². The number of benzene rings is 2. The van der Waals surface area contributed by atoms with Crippen LogP contribution in [0.2, 0.25) is 5.02 Å². The zero-order chi connectivity index (χ0) is 22.9. The average molecular weight is 481 g/mol. The molecule has 3 aromatic rings. The van der Waals surface area contributed by atoms with Crippen LogP contribution in [0, 0.1) is 0 Å². The van der Waals surface area contributed by atoms with Gasteiger partial charge in [-0.05, 0) is 48.0 Å². The Kier molecular flexibility index (Phi) is 6.21. The fourth-order valence-corrected chi connectivity index (χ4v) is 4.71. The third kappa shape index (κ3) is 4.78. The van der Waals surface area contributed by atoms with E-state index < -0.39 is 22.7 Å². The van der Waals surface area contributed by atoms with Crippen molar-refractivity contribution in [2.75, 3.05) is 11.1 Å². The van der Waals surface area contributed by atoms with Crippen molar-refractivity contribution < 1.29 is 27.2 Å². The molecular formula is C22H16ClF3N2O3S. The minimum absolute atomic E-state index is 0.0126. The molecule has 0 radical (unpaired) electrons. The molecule has 1 fully saturated rings. The molecule has 2 heterocycles. The summed E-state index contributed by atoms with van der Waals surface area (Å²) in [7, 11) is 0. The van der Waals surface area contributed by atoms with E-state index in [1.807, 2.05) is 0 Å². The summed E-state index contributed by atoms with van der Waals surface area (Å²) in [5, 5.41) is 1.78. The van der Waals surface area contributed by atoms with Gasteiger partial charge in [-0.25, -0.2) is 0 Å². The van der Waals surface area contributed by atoms with E-state index in [1.165, 1.54) is 17.8 Å². The van der Waals surface area contributed by atoms with E-state index in [-0.39, 0.29) is 22.5 Å². The van der Waals surface area contributed by atoms with E-state index in [0.29, 0.717) is 18.1 Å². The number of alkyl halides is 3. The second kappa shape index (κ2) is 8.91. The second-order valence-corrected chi connectivity index (χ2v) is 8.51. The van der Waals surface area contributed by atoms with Gasteiger partial charge in [0.25, 0.3) is 5.91 Å². The highest BCUT2D eigenvalue weighted by Gasteiger charge is 2.34. The Hall–Kier alpha value is -2.91. The average Bonchev–Trinajstić information content (AvgIpc) is 3.39. The molecule has 1 aliphatic rings. The van der Waals surface area contributed by atoms with Crippen LogP contribution in [0.1, 0.15) is 32.6 Å². The molecule has 0 aliphatic carbocycles. The molecule has 1 unspecified atom stereocenters. The normalized spacial score (nSPS) is 16.4. The molecule has 0 saturated carbocycles. The van der Waals surface area contributed by atoms with Crippen molar-refractivity contribution >= 4 is 40.9 Å². The van der Waals surface area contributed by atoms with E-state index in [9.17, 15) is 22.8 Å². The minimum atomic E-state index is -4.63. The summed E-state index contributed by atoms with van der Waals surface area (Å²) < 4.78 is 44.4. The highest BCUT2D eigenvalue weighted by atomic mass is 35.5. The smallest absolute Gasteiger partial charge is 0.417 e. The molecule has 1 saturated heterocycles. The molecule has 32 heavy (non-hydrogen) atoms. The molecule has 0 spiro atoms. The Morgan fingerprint density at radius 3 is 2.59 bits per heavy atom. The molecule has 1 atom stereocenters. The molecule has 1 aliphatic heterocycles. The summed E-state index contributed by atoms with van der Waals surface area (Å²) in [6.45, 7) is 0.337. The van der Waals surface area contributed by atoms with Crippen LogP contribution in [0.15, 0.2) is 65.3 Å². The van der Waals surface area contributed by atoms with Gasteiger partial charge in [-0.3, -0.25) is 9.59 Å². The lowest BCUT2D eigenvalue weighted by atomic mass is 10.1. The third-order valence-electron chi connectivity index (χ3n) is 4.86. The number of hydrogen-bond acceptors (Lipinski definition) is 4. The number of nitrogens with one attached hydrogen (secondary N) is 1. The van der Waals surface area contributed by atoms with Crippen molar-refractivity contribution in [3.05, 3.63) is 88.3 Å². The van der Waals surface area contributed by atoms with E-state index in [2.05, 4.69) is 5.32 Å². The van der Waals surface area contributed by atoms with Crippen LogP contribution in [0.4, 0.5) is 18.9 Å². The maximum Gasteiger partial charge on any atom is 0.417 e. The predicted octanol–water partition coefficient (Wildman–Crippen LogP) is 5.98. The molecule has 166 valence electrons. The summed E-state index contributed by atoms with van der Waals surface area (Å²) in [6, 6.07) is 13.3. The number of furan rings is 1. The van der Waals surface area contributed by atoms with Crippen LogP contribution < -0.4 is 5.32 Å². The van der Waals surface area contributed by atoms with Crippen molar-refractivity contribution in [1.29, 1.82) is 0 Å². The number of hydrogen-bond donors (Lipinski definition) is 1. The maximum atomic E-state index is 13.0. The van der Waals surface area contributed by atoms with Gasteiger partial charge in [0, 0.05) is 11.3 Å². The van der Waals surface area contributed by atoms with Gasteiger partial charge in [0.2, 0.25) is 5.91 Å². The summed E-state index contributed by atoms with van der Waals surface area (Å²) in [6.07, 6.45) is -3.08. The highest BCUT2D eigenvalue weighted by molar-refractivity contribution is 8.00. The van der Waals surface area contributed by atoms with Gasteiger partial charge in [0.15, 0.2) is 0 Å². The van der Waals surface area contributed by atoms with E-state index in [4.69, 9.17) is 16.0 Å². The Bertz CT molecular complexity index is 1130. The number of nitrogens with zero attached hydrogens (tertiary/aromatic N) is 1. The zero-order valence-electron chi connectivity index (χ0n) is 16.4. The first kappa shape index (κ1) is 22.3. The minimum Gasteiger partial charge on any atom is -0.467 e. The van der Waals surface area contributed by atoms with Gasteiger partial charge in [-0.1, -0.05) is 23.7 Å². The first-order valence-electron chi connectivity index (χ1n) is 9.44. The van der Waals surface area contributed by atoms with Crippen LogP contribution in [-0.2, 0) is 17.5 Å². The van der Waals surface area contributed by atoms with E-state index >= 15 is 0 Å². The quantitative estimate of drug-likeness (QED) is 0.488. The van der Waals surface area contributed by atoms with Gasteiger partial charge in [0.1, 0.15) is 11.1 Å². The van der Waals surface area contributed by atoms with Crippen LogP contribution in [-0.4, -0.2) is 22.5 Å². The molecule has 1 aromatic heterocycles. The Morgan fingerprint density at radius 1 is 1.19 bits per heavy atom. The Labute approximate surface area is 190 Å². The molecular weight excluding hydrogens is 465 g/mol. The number of halogens is 4. The molecule has 2 amide bonds. The first-order chi connectivity index (χ1) is 15.2. The second-order valence-electron chi connectivity index (χ2n) is 7.03. The maximum absolute atomic E-state index is 13.0. The van der Waals surface area contributed by atoms with Crippen molar-refractivity contribution in [3.8, 4) is 0 Å². The number of rotatable bonds is 5. The fourth-order valence-electron chi connectivity index (χ4n) is 3.29. The van der Waals surface area contributed by atoms with Gasteiger partial charge >= 0.3 is 6.18 Å². The van der Waals surface area contributed by atoms with Crippen molar-refractivity contribution in [3.63, 3.8) is 0 Å². The monoisotopic (exact) mass is 480 g/mol. The van der Waals surface area contributed by atoms with Gasteiger partial charge in [-0.2, -0.15) is 13.2 Å². The molecule has 5 nitrogen and oxygen atoms in total. The molecule has 10 heteroatoms. The number of carbonyl (C=O) groups excluding carboxylic acids is 2. The lowest BCUT2D eigenvalue weighted by molar-refractivity contribution is -0.137. The van der Waals surface area contributed by atoms with Crippen molar-refractivity contribution in [1.82, 2.24) is 4.90 Å². The van der Waals surface area contributed by atoms with Crippen molar-refractivity contribution in [2.24, 2.45) is 0 Å². The standard InChI is InChI=1S/C22H16ClF3N2O3S/c23-18-8-7-15(10-17(18)22(24,25)26)27-20(30)13-3-5-14(6-4-13)21-28(19(29)12-32-21)11-16-2-1-9-31-16/h1-10,21H,11-12H2,(H,27,30). The largest absolute Gasteiger partial charge is 0.467 e. The van der Waals surface area contributed by atoms with Crippen LogP contribution in [0.25, 0.3) is 0 Å². The lowest BCUT2D eigenvalue weighted by Crippen LogP contribution is -2.27. The number of anilines is 1. The molecule has 4 rings (SSSR count). The van der Waals surface area contributed by atoms with Crippen molar-refractivity contribution in [2.45, 2.75) is 18.1 Å². The number of thioether (sulfide) groups is 1. The Morgan fingerprint density at radius 2 is 1.94 bits per heavy atom. The zero-order valence-corrected chi connectivity index (χ0v) is 17.9. The predicted molar refractivity (Wildman–Crippen MR) is 115 cm³/mol. The van der Waals surface area contributed by atoms with Gasteiger partial charge < -0.3 is 14.6 Å². The van der Waals surface area contributed by atoms with Gasteiger partial charge in [-0.15, -0.1) is 11.8 Å². The fraction of sp³-hybridized carbons (Fsp3) is 0.182. The van der Waals surface area contributed by atoms with Crippen LogP contribution >= 0.6 is 23.4 Å². The lowest BCUT2D eigenvalue weighted by Gasteiger charge is -2.23. The first-order valence-corrected chi connectivity index (χ1v) is 10.9. The molecule has 1 N–H and O–H groups in total. The topological polar surface area (TPSA) is 62.6 Å². The Balaban J connectivity index is 1.48. The SMILES string of the molecule is O=C(Nc1ccc(Cl)c(C(F)(F)F)c1)c1ccc(C2SCC(=O)N2Cc2ccco2)cc1. The summed E-state index contributed by atoms with van der Waals surface area (Å²) in [4.78, 5) is 26.5. The number of amides is 2.